The Labute approximate surface area is 239 Å². The zero-order valence-corrected chi connectivity index (χ0v) is 23.8. The van der Waals surface area contributed by atoms with Gasteiger partial charge in [-0.25, -0.2) is 18.7 Å². The highest BCUT2D eigenvalue weighted by Gasteiger charge is 2.31. The van der Waals surface area contributed by atoms with Crippen LogP contribution in [0.1, 0.15) is 44.7 Å². The van der Waals surface area contributed by atoms with E-state index in [4.69, 9.17) is 4.52 Å². The molecular weight excluding hydrogens is 547 g/mol. The number of pyridine rings is 2. The van der Waals surface area contributed by atoms with Crippen LogP contribution in [0.5, 0.6) is 0 Å². The molecule has 0 saturated carbocycles. The zero-order valence-electron chi connectivity index (χ0n) is 23.0. The number of rotatable bonds is 3. The Balaban J connectivity index is 1.64. The minimum Gasteiger partial charge on any atom is -0.350 e. The lowest BCUT2D eigenvalue weighted by Gasteiger charge is -2.40. The molecule has 4 aromatic heterocycles. The summed E-state index contributed by atoms with van der Waals surface area (Å²) in [5.41, 5.74) is 0.843. The van der Waals surface area contributed by atoms with E-state index in [1.807, 2.05) is 31.7 Å². The highest BCUT2D eigenvalue weighted by atomic mass is 32.2. The van der Waals surface area contributed by atoms with Crippen molar-refractivity contribution in [3.05, 3.63) is 58.9 Å². The summed E-state index contributed by atoms with van der Waals surface area (Å²) < 4.78 is 22.6. The van der Waals surface area contributed by atoms with Gasteiger partial charge in [0.1, 0.15) is 11.5 Å². The van der Waals surface area contributed by atoms with Crippen LogP contribution in [0.4, 0.5) is 10.2 Å². The molecule has 6 rings (SSSR count). The quantitative estimate of drug-likeness (QED) is 0.333. The summed E-state index contributed by atoms with van der Waals surface area (Å²) in [6.45, 7) is 10.7. The van der Waals surface area contributed by atoms with E-state index >= 15 is 4.39 Å². The van der Waals surface area contributed by atoms with Crippen molar-refractivity contribution in [2.75, 3.05) is 30.3 Å². The van der Waals surface area contributed by atoms with E-state index in [9.17, 15) is 9.59 Å². The van der Waals surface area contributed by atoms with E-state index in [1.54, 1.807) is 22.9 Å². The van der Waals surface area contributed by atoms with Crippen molar-refractivity contribution < 1.29 is 13.7 Å². The van der Waals surface area contributed by atoms with Gasteiger partial charge < -0.3 is 14.3 Å². The third-order valence-electron chi connectivity index (χ3n) is 7.35. The van der Waals surface area contributed by atoms with Crippen molar-refractivity contribution in [3.8, 4) is 17.2 Å². The van der Waals surface area contributed by atoms with Crippen LogP contribution in [0.25, 0.3) is 28.2 Å². The first kappa shape index (κ1) is 27.1. The van der Waals surface area contributed by atoms with E-state index in [-0.39, 0.29) is 35.0 Å². The second-order valence-corrected chi connectivity index (χ2v) is 11.6. The lowest BCUT2D eigenvalue weighted by Crippen LogP contribution is -2.54. The van der Waals surface area contributed by atoms with Crippen molar-refractivity contribution in [2.45, 2.75) is 50.5 Å². The van der Waals surface area contributed by atoms with E-state index in [2.05, 4.69) is 31.7 Å². The van der Waals surface area contributed by atoms with Gasteiger partial charge >= 0.3 is 5.69 Å². The fraction of sp³-hybridized carbons (Fsp3) is 0.393. The second-order valence-electron chi connectivity index (χ2n) is 10.4. The fourth-order valence-corrected chi connectivity index (χ4v) is 6.36. The molecule has 4 bridgehead atoms. The summed E-state index contributed by atoms with van der Waals surface area (Å²) in [4.78, 5) is 49.0. The number of anilines is 1. The Morgan fingerprint density at radius 1 is 1.27 bits per heavy atom. The van der Waals surface area contributed by atoms with E-state index in [0.29, 0.717) is 54.5 Å². The van der Waals surface area contributed by atoms with Gasteiger partial charge in [-0.15, -0.1) is 11.8 Å². The largest absolute Gasteiger partial charge is 0.355 e. The van der Waals surface area contributed by atoms with Gasteiger partial charge in [-0.2, -0.15) is 9.97 Å². The number of halogens is 1. The monoisotopic (exact) mass is 576 g/mol. The Hall–Kier alpha value is -4.13. The average Bonchev–Trinajstić information content (AvgIpc) is 3.43. The minimum absolute atomic E-state index is 0.0161. The van der Waals surface area contributed by atoms with Gasteiger partial charge in [0.2, 0.25) is 17.6 Å². The topological polar surface area (TPSA) is 123 Å². The molecule has 2 aliphatic rings. The van der Waals surface area contributed by atoms with Crippen LogP contribution in [0.3, 0.4) is 0 Å². The summed E-state index contributed by atoms with van der Waals surface area (Å²) in [7, 11) is 0. The molecule has 1 atom stereocenters. The van der Waals surface area contributed by atoms with Crippen molar-refractivity contribution in [2.24, 2.45) is 0 Å². The molecule has 0 spiro atoms. The number of hydrogen-bond donors (Lipinski definition) is 0. The van der Waals surface area contributed by atoms with Crippen LogP contribution >= 0.6 is 11.8 Å². The number of nitrogens with zero attached hydrogens (tertiary/aromatic N) is 8. The number of piperazine rings is 1. The standard InChI is InChI=1S/C28H29FN8O3S/c1-5-21(38)35-10-11-36(16(4)14-35)26-17-13-18(29)23-25-31-20(40-34-25)7-6-12-41-19-8-9-30-22(15(2)3)24(19)37(27(17)32-23)28(39)33-26/h5,8-9,13,15-16H,1,6-7,10-12,14H2,2-4H3/t16-/m0/s1. The molecule has 6 heterocycles. The van der Waals surface area contributed by atoms with Gasteiger partial charge in [0.05, 0.1) is 16.8 Å². The highest BCUT2D eigenvalue weighted by molar-refractivity contribution is 7.99. The molecule has 41 heavy (non-hydrogen) atoms. The van der Waals surface area contributed by atoms with Gasteiger partial charge in [0.25, 0.3) is 0 Å². The lowest BCUT2D eigenvalue weighted by atomic mass is 10.1. The predicted molar refractivity (Wildman–Crippen MR) is 153 cm³/mol. The van der Waals surface area contributed by atoms with Crippen LogP contribution in [0.15, 0.2) is 45.2 Å². The first-order valence-electron chi connectivity index (χ1n) is 13.5. The van der Waals surface area contributed by atoms with Gasteiger partial charge in [0.15, 0.2) is 11.5 Å². The number of fused-ring (bicyclic) bond motifs is 6. The summed E-state index contributed by atoms with van der Waals surface area (Å²) in [5, 5.41) is 4.34. The smallest absolute Gasteiger partial charge is 0.350 e. The first-order valence-corrected chi connectivity index (χ1v) is 14.5. The van der Waals surface area contributed by atoms with Crippen LogP contribution in [-0.2, 0) is 11.2 Å². The molecule has 0 aromatic carbocycles. The number of aromatic nitrogens is 6. The number of aryl methyl sites for hydroxylation is 1. The summed E-state index contributed by atoms with van der Waals surface area (Å²) in [6.07, 6.45) is 4.28. The Kier molecular flexibility index (Phi) is 7.06. The second kappa shape index (κ2) is 10.7. The third-order valence-corrected chi connectivity index (χ3v) is 8.48. The number of carbonyl (C=O) groups excluding carboxylic acids is 1. The molecule has 0 aliphatic carbocycles. The van der Waals surface area contributed by atoms with Crippen LogP contribution in [0, 0.1) is 5.82 Å². The molecule has 1 amide bonds. The van der Waals surface area contributed by atoms with E-state index < -0.39 is 11.5 Å². The Bertz CT molecular complexity index is 1740. The molecule has 212 valence electrons. The van der Waals surface area contributed by atoms with E-state index in [1.165, 1.54) is 16.7 Å². The summed E-state index contributed by atoms with van der Waals surface area (Å²) in [6, 6.07) is 3.01. The summed E-state index contributed by atoms with van der Waals surface area (Å²) in [5.74, 6) is 0.599. The van der Waals surface area contributed by atoms with Crippen molar-refractivity contribution in [1.29, 1.82) is 0 Å². The molecular formula is C28H29FN8O3S. The average molecular weight is 577 g/mol. The van der Waals surface area contributed by atoms with Gasteiger partial charge in [0, 0.05) is 43.2 Å². The van der Waals surface area contributed by atoms with Crippen LogP contribution in [-0.4, -0.2) is 71.9 Å². The van der Waals surface area contributed by atoms with Crippen molar-refractivity contribution >= 4 is 34.5 Å². The maximum atomic E-state index is 15.8. The van der Waals surface area contributed by atoms with Gasteiger partial charge in [-0.1, -0.05) is 25.6 Å². The maximum absolute atomic E-state index is 15.8. The minimum atomic E-state index is -0.661. The van der Waals surface area contributed by atoms with Gasteiger partial charge in [-0.3, -0.25) is 9.78 Å². The SMILES string of the molecule is C=CC(=O)N1CCN(c2nc(=O)n3c4nc(c(F)cc24)-c2noc(n2)CCCSc2ccnc(C(C)C)c2-3)[C@@H](C)C1. The molecule has 1 fully saturated rings. The number of thioether (sulfide) groups is 1. The molecule has 0 radical (unpaired) electrons. The first-order chi connectivity index (χ1) is 19.8. The molecule has 11 nitrogen and oxygen atoms in total. The summed E-state index contributed by atoms with van der Waals surface area (Å²) >= 11 is 1.59. The fourth-order valence-electron chi connectivity index (χ4n) is 5.36. The molecule has 13 heteroatoms. The molecule has 0 unspecified atom stereocenters. The third kappa shape index (κ3) is 4.77. The highest BCUT2D eigenvalue weighted by Crippen LogP contribution is 2.36. The van der Waals surface area contributed by atoms with Crippen molar-refractivity contribution in [1.82, 2.24) is 34.6 Å². The molecule has 1 saturated heterocycles. The molecule has 4 aromatic rings. The molecule has 2 aliphatic heterocycles. The number of hydrogen-bond acceptors (Lipinski definition) is 10. The number of carbonyl (C=O) groups is 1. The molecule has 0 N–H and O–H groups in total. The Morgan fingerprint density at radius 2 is 2.10 bits per heavy atom. The van der Waals surface area contributed by atoms with Crippen LogP contribution in [0.2, 0.25) is 0 Å². The predicted octanol–water partition coefficient (Wildman–Crippen LogP) is 3.75. The zero-order chi connectivity index (χ0) is 28.8. The van der Waals surface area contributed by atoms with Crippen molar-refractivity contribution in [3.63, 3.8) is 0 Å². The van der Waals surface area contributed by atoms with Crippen LogP contribution < -0.4 is 10.6 Å². The normalized spacial score (nSPS) is 17.2. The van der Waals surface area contributed by atoms with E-state index in [0.717, 1.165) is 17.1 Å². The maximum Gasteiger partial charge on any atom is 0.355 e. The number of amides is 1. The van der Waals surface area contributed by atoms with Gasteiger partial charge in [-0.05, 0) is 43.2 Å². The lowest BCUT2D eigenvalue weighted by molar-refractivity contribution is -0.126. The Morgan fingerprint density at radius 3 is 2.85 bits per heavy atom.